The number of carbonyl (C=O) groups is 1. The minimum Gasteiger partial charge on any atom is -0.337 e. The first-order chi connectivity index (χ1) is 16.7. The number of hydrogen-bond donors (Lipinski definition) is 3. The molecular weight excluding hydrogens is 426 g/mol. The lowest BCUT2D eigenvalue weighted by molar-refractivity contribution is -0.115. The number of rotatable bonds is 5. The van der Waals surface area contributed by atoms with Crippen molar-refractivity contribution in [3.8, 4) is 22.8 Å². The van der Waals surface area contributed by atoms with Crippen molar-refractivity contribution in [1.82, 2.24) is 30.1 Å². The van der Waals surface area contributed by atoms with E-state index in [0.717, 1.165) is 33.4 Å². The van der Waals surface area contributed by atoms with Gasteiger partial charge >= 0.3 is 0 Å². The number of carbonyl (C=O) groups excluding carboxylic acids is 1. The van der Waals surface area contributed by atoms with E-state index in [-0.39, 0.29) is 5.91 Å². The van der Waals surface area contributed by atoms with Gasteiger partial charge in [-0.25, -0.2) is 9.97 Å². The molecule has 3 N–H and O–H groups in total. The predicted octanol–water partition coefficient (Wildman–Crippen LogP) is 4.74. The van der Waals surface area contributed by atoms with Crippen molar-refractivity contribution in [3.63, 3.8) is 0 Å². The molecular formula is C26H19N7O. The van der Waals surface area contributed by atoms with Gasteiger partial charge in [-0.1, -0.05) is 42.5 Å². The molecule has 0 aliphatic carbocycles. The number of fused-ring (bicyclic) bond motifs is 2. The number of aromatic nitrogens is 6. The number of H-pyrrole nitrogens is 2. The minimum atomic E-state index is -0.101. The van der Waals surface area contributed by atoms with E-state index in [1.807, 2.05) is 72.8 Å². The second-order valence-electron chi connectivity index (χ2n) is 7.94. The third-order valence-electron chi connectivity index (χ3n) is 5.55. The fraction of sp³-hybridized carbons (Fsp3) is 0.0385. The molecule has 164 valence electrons. The van der Waals surface area contributed by atoms with Crippen molar-refractivity contribution >= 4 is 33.7 Å². The lowest BCUT2D eigenvalue weighted by Crippen LogP contribution is -2.14. The predicted molar refractivity (Wildman–Crippen MR) is 131 cm³/mol. The molecule has 6 aromatic rings. The first kappa shape index (κ1) is 19.8. The fourth-order valence-electron chi connectivity index (χ4n) is 3.92. The highest BCUT2D eigenvalue weighted by molar-refractivity contribution is 5.93. The van der Waals surface area contributed by atoms with E-state index in [1.165, 1.54) is 0 Å². The maximum Gasteiger partial charge on any atom is 0.228 e. The highest BCUT2D eigenvalue weighted by Crippen LogP contribution is 2.28. The van der Waals surface area contributed by atoms with Gasteiger partial charge < -0.3 is 10.3 Å². The number of para-hydroxylation sites is 2. The van der Waals surface area contributed by atoms with Gasteiger partial charge in [0.2, 0.25) is 5.91 Å². The van der Waals surface area contributed by atoms with E-state index in [0.29, 0.717) is 29.1 Å². The number of hydrogen-bond acceptors (Lipinski definition) is 5. The zero-order chi connectivity index (χ0) is 22.9. The molecule has 4 heterocycles. The van der Waals surface area contributed by atoms with Crippen LogP contribution in [0.2, 0.25) is 0 Å². The Morgan fingerprint density at radius 1 is 0.882 bits per heavy atom. The number of imidazole rings is 1. The molecule has 0 bridgehead atoms. The summed E-state index contributed by atoms with van der Waals surface area (Å²) in [5.74, 6) is 0.549. The maximum absolute atomic E-state index is 12.5. The summed E-state index contributed by atoms with van der Waals surface area (Å²) in [6.07, 6.45) is 3.65. The van der Waals surface area contributed by atoms with Gasteiger partial charge in [-0.3, -0.25) is 14.9 Å². The second-order valence-corrected chi connectivity index (χ2v) is 7.94. The van der Waals surface area contributed by atoms with E-state index in [1.54, 1.807) is 12.4 Å². The van der Waals surface area contributed by atoms with E-state index in [9.17, 15) is 4.79 Å². The Morgan fingerprint density at radius 3 is 2.62 bits per heavy atom. The molecule has 0 fully saturated rings. The summed E-state index contributed by atoms with van der Waals surface area (Å²) in [7, 11) is 0. The first-order valence-electron chi connectivity index (χ1n) is 10.8. The SMILES string of the molecule is O=C(Cc1ccccc1)Nc1cncc(-c2ccc3[nH]nc(-c4nc5ccccc5[nH]4)c3n2)c1. The number of pyridine rings is 2. The van der Waals surface area contributed by atoms with Crippen molar-refractivity contribution in [2.45, 2.75) is 6.42 Å². The van der Waals surface area contributed by atoms with E-state index in [4.69, 9.17) is 4.98 Å². The zero-order valence-electron chi connectivity index (χ0n) is 18.0. The fourth-order valence-corrected chi connectivity index (χ4v) is 3.92. The largest absolute Gasteiger partial charge is 0.337 e. The Hall–Kier alpha value is -4.85. The Bertz CT molecular complexity index is 1600. The topological polar surface area (TPSA) is 112 Å². The summed E-state index contributed by atoms with van der Waals surface area (Å²) in [5, 5.41) is 10.4. The van der Waals surface area contributed by atoms with Crippen molar-refractivity contribution < 1.29 is 4.79 Å². The molecule has 0 aliphatic heterocycles. The van der Waals surface area contributed by atoms with Gasteiger partial charge in [0.25, 0.3) is 0 Å². The van der Waals surface area contributed by atoms with Gasteiger partial charge in [-0.15, -0.1) is 0 Å². The van der Waals surface area contributed by atoms with Crippen LogP contribution in [0.4, 0.5) is 5.69 Å². The summed E-state index contributed by atoms with van der Waals surface area (Å²) < 4.78 is 0. The Kier molecular flexibility index (Phi) is 4.81. The van der Waals surface area contributed by atoms with Crippen LogP contribution < -0.4 is 5.32 Å². The van der Waals surface area contributed by atoms with Crippen LogP contribution in [0.25, 0.3) is 44.8 Å². The lowest BCUT2D eigenvalue weighted by Gasteiger charge is -2.07. The molecule has 8 heteroatoms. The van der Waals surface area contributed by atoms with Crippen molar-refractivity contribution in [2.75, 3.05) is 5.32 Å². The molecule has 0 spiro atoms. The number of aromatic amines is 2. The molecule has 8 nitrogen and oxygen atoms in total. The third-order valence-corrected chi connectivity index (χ3v) is 5.55. The average molecular weight is 445 g/mol. The van der Waals surface area contributed by atoms with Gasteiger partial charge in [0.1, 0.15) is 5.52 Å². The van der Waals surface area contributed by atoms with Crippen LogP contribution in [-0.2, 0) is 11.2 Å². The molecule has 0 saturated carbocycles. The molecule has 2 aromatic carbocycles. The summed E-state index contributed by atoms with van der Waals surface area (Å²) >= 11 is 0. The molecule has 0 aliphatic rings. The quantitative estimate of drug-likeness (QED) is 0.355. The monoisotopic (exact) mass is 445 g/mol. The van der Waals surface area contributed by atoms with Gasteiger partial charge in [-0.2, -0.15) is 5.10 Å². The summed E-state index contributed by atoms with van der Waals surface area (Å²) in [6, 6.07) is 23.2. The average Bonchev–Trinajstić information content (AvgIpc) is 3.48. The number of nitrogens with one attached hydrogen (secondary N) is 3. The Labute approximate surface area is 194 Å². The van der Waals surface area contributed by atoms with Crippen LogP contribution >= 0.6 is 0 Å². The zero-order valence-corrected chi connectivity index (χ0v) is 18.0. The smallest absolute Gasteiger partial charge is 0.228 e. The standard InChI is InChI=1S/C26H19N7O/c34-23(12-16-6-2-1-3-7-16)28-18-13-17(14-27-15-18)19-10-11-22-24(29-19)25(33-32-22)26-30-20-8-4-5-9-21(20)31-26/h1-11,13-15H,12H2,(H,28,34)(H,30,31)(H,32,33). The Balaban J connectivity index is 1.30. The number of amides is 1. The molecule has 0 unspecified atom stereocenters. The molecule has 6 rings (SSSR count). The molecule has 34 heavy (non-hydrogen) atoms. The van der Waals surface area contributed by atoms with Gasteiger partial charge in [0.05, 0.1) is 40.5 Å². The third kappa shape index (κ3) is 3.77. The van der Waals surface area contributed by atoms with Crippen molar-refractivity contribution in [3.05, 3.63) is 90.8 Å². The second kappa shape index (κ2) is 8.25. The molecule has 0 atom stereocenters. The highest BCUT2D eigenvalue weighted by atomic mass is 16.1. The van der Waals surface area contributed by atoms with Crippen LogP contribution in [0.5, 0.6) is 0 Å². The maximum atomic E-state index is 12.5. The van der Waals surface area contributed by atoms with E-state index < -0.39 is 0 Å². The van der Waals surface area contributed by atoms with E-state index >= 15 is 0 Å². The van der Waals surface area contributed by atoms with E-state index in [2.05, 4.69) is 30.5 Å². The molecule has 0 saturated heterocycles. The van der Waals surface area contributed by atoms with Crippen LogP contribution in [0, 0.1) is 0 Å². The number of benzene rings is 2. The van der Waals surface area contributed by atoms with Crippen molar-refractivity contribution in [2.24, 2.45) is 0 Å². The minimum absolute atomic E-state index is 0.101. The van der Waals surface area contributed by atoms with Crippen LogP contribution in [-0.4, -0.2) is 36.0 Å². The van der Waals surface area contributed by atoms with Crippen LogP contribution in [0.15, 0.2) is 85.2 Å². The molecule has 4 aromatic heterocycles. The first-order valence-corrected chi connectivity index (χ1v) is 10.8. The van der Waals surface area contributed by atoms with Gasteiger partial charge in [0.15, 0.2) is 11.5 Å². The number of nitrogens with zero attached hydrogens (tertiary/aromatic N) is 4. The summed E-state index contributed by atoms with van der Waals surface area (Å²) in [6.45, 7) is 0. The van der Waals surface area contributed by atoms with Crippen LogP contribution in [0.3, 0.4) is 0 Å². The lowest BCUT2D eigenvalue weighted by atomic mass is 10.1. The Morgan fingerprint density at radius 2 is 1.74 bits per heavy atom. The van der Waals surface area contributed by atoms with Crippen molar-refractivity contribution in [1.29, 1.82) is 0 Å². The van der Waals surface area contributed by atoms with Gasteiger partial charge in [0, 0.05) is 11.8 Å². The number of anilines is 1. The van der Waals surface area contributed by atoms with Gasteiger partial charge in [-0.05, 0) is 35.9 Å². The van der Waals surface area contributed by atoms with Crippen LogP contribution in [0.1, 0.15) is 5.56 Å². The summed E-state index contributed by atoms with van der Waals surface area (Å²) in [4.78, 5) is 29.6. The normalized spacial score (nSPS) is 11.2. The molecule has 0 radical (unpaired) electrons. The molecule has 1 amide bonds. The summed E-state index contributed by atoms with van der Waals surface area (Å²) in [5.41, 5.74) is 7.04. The highest BCUT2D eigenvalue weighted by Gasteiger charge is 2.15.